The predicted octanol–water partition coefficient (Wildman–Crippen LogP) is 4.51. The molecule has 6 heteroatoms. The van der Waals surface area contributed by atoms with Gasteiger partial charge in [-0.2, -0.15) is 0 Å². The van der Waals surface area contributed by atoms with E-state index in [2.05, 4.69) is 15.9 Å². The molecule has 2 rings (SSSR count). The molecule has 0 aromatic heterocycles. The zero-order valence-electron chi connectivity index (χ0n) is 10.0. The summed E-state index contributed by atoms with van der Waals surface area (Å²) in [6, 6.07) is 6.79. The lowest BCUT2D eigenvalue weighted by atomic mass is 10.2. The molecule has 0 aliphatic rings. The van der Waals surface area contributed by atoms with E-state index in [1.807, 2.05) is 19.1 Å². The molecule has 0 spiro atoms. The molecule has 0 saturated carbocycles. The number of nitrogen functional groups attached to an aromatic ring is 2. The van der Waals surface area contributed by atoms with Crippen LogP contribution in [-0.4, -0.2) is 0 Å². The Morgan fingerprint density at radius 1 is 1.21 bits per heavy atom. The molecule has 0 bridgehead atoms. The number of aryl methyl sites for hydroxylation is 1. The zero-order chi connectivity index (χ0) is 14.2. The molecule has 19 heavy (non-hydrogen) atoms. The lowest BCUT2D eigenvalue weighted by molar-refractivity contribution is 0.442. The topological polar surface area (TPSA) is 61.3 Å². The molecule has 0 unspecified atom stereocenters. The van der Waals surface area contributed by atoms with Crippen LogP contribution in [0.4, 0.5) is 15.8 Å². The second-order valence-corrected chi connectivity index (χ2v) is 5.32. The Kier molecular flexibility index (Phi) is 3.87. The highest BCUT2D eigenvalue weighted by Gasteiger charge is 2.17. The first-order chi connectivity index (χ1) is 8.90. The monoisotopic (exact) mass is 344 g/mol. The van der Waals surface area contributed by atoms with Gasteiger partial charge < -0.3 is 16.2 Å². The van der Waals surface area contributed by atoms with Gasteiger partial charge in [0.05, 0.1) is 11.4 Å². The maximum absolute atomic E-state index is 14.0. The number of anilines is 2. The minimum atomic E-state index is -0.765. The van der Waals surface area contributed by atoms with Crippen molar-refractivity contribution in [3.05, 3.63) is 45.1 Å². The van der Waals surface area contributed by atoms with Crippen molar-refractivity contribution in [2.24, 2.45) is 0 Å². The van der Waals surface area contributed by atoms with E-state index in [0.717, 1.165) is 10.0 Å². The maximum atomic E-state index is 14.0. The normalized spacial score (nSPS) is 10.5. The Balaban J connectivity index is 2.49. The first kappa shape index (κ1) is 14.0. The third kappa shape index (κ3) is 2.77. The number of hydrogen-bond acceptors (Lipinski definition) is 3. The summed E-state index contributed by atoms with van der Waals surface area (Å²) < 4.78 is 20.3. The molecule has 0 saturated heterocycles. The van der Waals surface area contributed by atoms with Crippen LogP contribution in [0.1, 0.15) is 5.56 Å². The minimum absolute atomic E-state index is 0.0787. The molecule has 0 amide bonds. The first-order valence-corrected chi connectivity index (χ1v) is 6.54. The largest absolute Gasteiger partial charge is 0.452 e. The maximum Gasteiger partial charge on any atom is 0.188 e. The molecular formula is C13H11BrClFN2O. The van der Waals surface area contributed by atoms with Gasteiger partial charge in [0.15, 0.2) is 11.6 Å². The minimum Gasteiger partial charge on any atom is -0.452 e. The van der Waals surface area contributed by atoms with Gasteiger partial charge in [-0.1, -0.05) is 33.6 Å². The summed E-state index contributed by atoms with van der Waals surface area (Å²) in [6.45, 7) is 1.84. The number of hydrogen-bond donors (Lipinski definition) is 2. The van der Waals surface area contributed by atoms with E-state index in [4.69, 9.17) is 27.8 Å². The summed E-state index contributed by atoms with van der Waals surface area (Å²) in [7, 11) is 0. The van der Waals surface area contributed by atoms with Crippen molar-refractivity contribution < 1.29 is 9.13 Å². The molecule has 0 heterocycles. The van der Waals surface area contributed by atoms with Crippen LogP contribution in [0.2, 0.25) is 5.02 Å². The summed E-state index contributed by atoms with van der Waals surface area (Å²) >= 11 is 9.07. The molecular weight excluding hydrogens is 335 g/mol. The quantitative estimate of drug-likeness (QED) is 0.787. The van der Waals surface area contributed by atoms with Crippen LogP contribution in [0.25, 0.3) is 0 Å². The Hall–Kier alpha value is -1.46. The number of benzene rings is 2. The van der Waals surface area contributed by atoms with Gasteiger partial charge in [-0.15, -0.1) is 0 Å². The van der Waals surface area contributed by atoms with Crippen molar-refractivity contribution in [1.29, 1.82) is 0 Å². The van der Waals surface area contributed by atoms with Gasteiger partial charge in [-0.05, 0) is 30.7 Å². The van der Waals surface area contributed by atoms with Gasteiger partial charge in [-0.3, -0.25) is 0 Å². The number of ether oxygens (including phenoxy) is 1. The number of nitrogens with two attached hydrogens (primary N) is 2. The third-order valence-electron chi connectivity index (χ3n) is 2.58. The lowest BCUT2D eigenvalue weighted by Gasteiger charge is -2.13. The van der Waals surface area contributed by atoms with Crippen molar-refractivity contribution in [1.82, 2.24) is 0 Å². The SMILES string of the molecule is Cc1ccc(Br)cc1Oc1c(N)cc(N)c(Cl)c1F. The summed E-state index contributed by atoms with van der Waals surface area (Å²) in [4.78, 5) is 0. The van der Waals surface area contributed by atoms with E-state index >= 15 is 0 Å². The summed E-state index contributed by atoms with van der Waals surface area (Å²) in [6.07, 6.45) is 0. The van der Waals surface area contributed by atoms with Gasteiger partial charge >= 0.3 is 0 Å². The Morgan fingerprint density at radius 2 is 1.89 bits per heavy atom. The van der Waals surface area contributed by atoms with Crippen LogP contribution in [0.15, 0.2) is 28.7 Å². The second kappa shape index (κ2) is 5.27. The van der Waals surface area contributed by atoms with Gasteiger partial charge in [0, 0.05) is 4.47 Å². The van der Waals surface area contributed by atoms with Gasteiger partial charge in [0.25, 0.3) is 0 Å². The molecule has 0 aliphatic heterocycles. The Labute approximate surface area is 123 Å². The molecule has 0 radical (unpaired) electrons. The second-order valence-electron chi connectivity index (χ2n) is 4.02. The van der Waals surface area contributed by atoms with Crippen LogP contribution in [-0.2, 0) is 0 Å². The van der Waals surface area contributed by atoms with Crippen molar-refractivity contribution in [3.8, 4) is 11.5 Å². The standard InChI is InChI=1S/C13H11BrClFN2O/c1-6-2-3-7(14)4-10(6)19-13-9(18)5-8(17)11(15)12(13)16/h2-5H,17-18H2,1H3. The van der Waals surface area contributed by atoms with Gasteiger partial charge in [-0.25, -0.2) is 4.39 Å². The Morgan fingerprint density at radius 3 is 2.58 bits per heavy atom. The van der Waals surface area contributed by atoms with Crippen LogP contribution < -0.4 is 16.2 Å². The highest BCUT2D eigenvalue weighted by atomic mass is 79.9. The van der Waals surface area contributed by atoms with E-state index in [1.165, 1.54) is 6.07 Å². The zero-order valence-corrected chi connectivity index (χ0v) is 12.3. The summed E-state index contributed by atoms with van der Waals surface area (Å²) in [5.41, 5.74) is 12.3. The van der Waals surface area contributed by atoms with Crippen LogP contribution >= 0.6 is 27.5 Å². The third-order valence-corrected chi connectivity index (χ3v) is 3.46. The number of halogens is 3. The average molecular weight is 346 g/mol. The van der Waals surface area contributed by atoms with E-state index in [9.17, 15) is 4.39 Å². The van der Waals surface area contributed by atoms with E-state index in [1.54, 1.807) is 6.07 Å². The summed E-state index contributed by atoms with van der Waals surface area (Å²) in [5, 5.41) is -0.197. The highest BCUT2D eigenvalue weighted by molar-refractivity contribution is 9.10. The predicted molar refractivity (Wildman–Crippen MR) is 79.2 cm³/mol. The first-order valence-electron chi connectivity index (χ1n) is 5.37. The fraction of sp³-hybridized carbons (Fsp3) is 0.0769. The van der Waals surface area contributed by atoms with E-state index < -0.39 is 5.82 Å². The highest BCUT2D eigenvalue weighted by Crippen LogP contribution is 2.39. The number of rotatable bonds is 2. The van der Waals surface area contributed by atoms with Crippen molar-refractivity contribution in [2.75, 3.05) is 11.5 Å². The van der Waals surface area contributed by atoms with Crippen LogP contribution in [0.5, 0.6) is 11.5 Å². The molecule has 2 aromatic rings. The molecule has 100 valence electrons. The van der Waals surface area contributed by atoms with Crippen molar-refractivity contribution in [3.63, 3.8) is 0 Å². The molecule has 0 atom stereocenters. The molecule has 0 aliphatic carbocycles. The van der Waals surface area contributed by atoms with Crippen LogP contribution in [0, 0.1) is 12.7 Å². The fourth-order valence-corrected chi connectivity index (χ4v) is 2.03. The smallest absolute Gasteiger partial charge is 0.188 e. The lowest BCUT2D eigenvalue weighted by Crippen LogP contribution is -2.00. The van der Waals surface area contributed by atoms with E-state index in [0.29, 0.717) is 5.75 Å². The summed E-state index contributed by atoms with van der Waals surface area (Å²) in [5.74, 6) is -0.403. The molecule has 0 fully saturated rings. The van der Waals surface area contributed by atoms with Crippen molar-refractivity contribution >= 4 is 38.9 Å². The molecule has 3 nitrogen and oxygen atoms in total. The van der Waals surface area contributed by atoms with Gasteiger partial charge in [0.2, 0.25) is 0 Å². The molecule has 2 aromatic carbocycles. The molecule has 4 N–H and O–H groups in total. The average Bonchev–Trinajstić information content (AvgIpc) is 2.36. The Bertz CT molecular complexity index is 649. The van der Waals surface area contributed by atoms with Crippen LogP contribution in [0.3, 0.4) is 0 Å². The fourth-order valence-electron chi connectivity index (χ4n) is 1.55. The van der Waals surface area contributed by atoms with Gasteiger partial charge in [0.1, 0.15) is 10.8 Å². The van der Waals surface area contributed by atoms with E-state index in [-0.39, 0.29) is 22.1 Å². The van der Waals surface area contributed by atoms with Crippen molar-refractivity contribution in [2.45, 2.75) is 6.92 Å².